The minimum absolute atomic E-state index is 0. The monoisotopic (exact) mass is 649 g/mol. The third-order valence-electron chi connectivity index (χ3n) is 3.04. The first-order valence-electron chi connectivity index (χ1n) is 6.40. The third-order valence-corrected chi connectivity index (χ3v) is 12.5. The fraction of sp³-hybridized carbons (Fsp3) is 0. The van der Waals surface area contributed by atoms with Crippen LogP contribution in [0.3, 0.4) is 0 Å². The van der Waals surface area contributed by atoms with Crippen LogP contribution in [0, 0.1) is 0 Å². The van der Waals surface area contributed by atoms with Crippen LogP contribution in [0.15, 0.2) is 91.0 Å². The Morgan fingerprint density at radius 1 is 0.400 bits per heavy atom. The summed E-state index contributed by atoms with van der Waals surface area (Å²) < 4.78 is 4.61. The maximum absolute atomic E-state index is 2.29. The van der Waals surface area contributed by atoms with E-state index in [0.717, 1.165) is 0 Å². The fourth-order valence-electron chi connectivity index (χ4n) is 2.18. The second kappa shape index (κ2) is 8.01. The van der Waals surface area contributed by atoms with Crippen LogP contribution in [0.4, 0.5) is 0 Å². The Hall–Kier alpha value is -0.574. The van der Waals surface area contributed by atoms with E-state index in [0.29, 0.717) is 0 Å². The van der Waals surface area contributed by atoms with Gasteiger partial charge in [-0.1, -0.05) is 0 Å². The first-order chi connectivity index (χ1) is 9.45. The Labute approximate surface area is 147 Å². The minimum atomic E-state index is -2.06. The molecule has 2 radical (unpaired) electrons. The molecular weight excluding hydrogens is 634 g/mol. The zero-order valence-electron chi connectivity index (χ0n) is 11.1. The van der Waals surface area contributed by atoms with Crippen molar-refractivity contribution in [3.63, 3.8) is 0 Å². The molecule has 0 heterocycles. The molecule has 20 heavy (non-hydrogen) atoms. The van der Waals surface area contributed by atoms with Gasteiger partial charge in [0.15, 0.2) is 0 Å². The van der Waals surface area contributed by atoms with Crippen molar-refractivity contribution in [2.45, 2.75) is 0 Å². The van der Waals surface area contributed by atoms with E-state index in [-0.39, 0.29) is 26.2 Å². The van der Waals surface area contributed by atoms with E-state index in [1.54, 1.807) is 0 Å². The molecule has 0 aliphatic rings. The van der Waals surface area contributed by atoms with Gasteiger partial charge in [0, 0.05) is 0 Å². The molecule has 0 fully saturated rings. The number of hydrogen-bond donors (Lipinski definition) is 0. The van der Waals surface area contributed by atoms with E-state index in [9.17, 15) is 0 Å². The Morgan fingerprint density at radius 2 is 0.650 bits per heavy atom. The first kappa shape index (κ1) is 15.8. The Morgan fingerprint density at radius 3 is 0.900 bits per heavy atom. The van der Waals surface area contributed by atoms with Crippen LogP contribution in [-0.2, 0) is 0 Å². The molecule has 0 aromatic heterocycles. The van der Waals surface area contributed by atoms with Gasteiger partial charge in [-0.2, -0.15) is 0 Å². The van der Waals surface area contributed by atoms with Gasteiger partial charge < -0.3 is 0 Å². The van der Waals surface area contributed by atoms with Crippen LogP contribution >= 0.6 is 0 Å². The summed E-state index contributed by atoms with van der Waals surface area (Å²) in [6.07, 6.45) is 0. The molecule has 0 aliphatic heterocycles. The molecule has 3 aromatic carbocycles. The summed E-state index contributed by atoms with van der Waals surface area (Å²) in [5.41, 5.74) is 0. The van der Waals surface area contributed by atoms with Crippen molar-refractivity contribution >= 4 is 57.8 Å². The SMILES string of the molecule is [Bi+3].c1cc[c]([Bi]([c]2ccccc2)[c]2ccccc2)cc1. The average Bonchev–Trinajstić information content (AvgIpc) is 2.51. The summed E-state index contributed by atoms with van der Waals surface area (Å²) >= 11 is -2.06. The fourth-order valence-corrected chi connectivity index (χ4v) is 11.1. The Kier molecular flexibility index (Phi) is 6.33. The van der Waals surface area contributed by atoms with Crippen LogP contribution in [0.1, 0.15) is 0 Å². The molecule has 3 aromatic rings. The quantitative estimate of drug-likeness (QED) is 0.381. The predicted octanol–water partition coefficient (Wildman–Crippen LogP) is 1.82. The van der Waals surface area contributed by atoms with Gasteiger partial charge in [0.1, 0.15) is 0 Å². The van der Waals surface area contributed by atoms with Gasteiger partial charge in [-0.25, -0.2) is 0 Å². The van der Waals surface area contributed by atoms with Crippen LogP contribution in [0.2, 0.25) is 0 Å². The third kappa shape index (κ3) is 3.75. The molecule has 0 N–H and O–H groups in total. The molecule has 0 spiro atoms. The average molecular weight is 649 g/mol. The normalized spacial score (nSPS) is 10.1. The number of benzene rings is 3. The zero-order chi connectivity index (χ0) is 12.9. The Balaban J connectivity index is 0.00000147. The van der Waals surface area contributed by atoms with Gasteiger partial charge in [-0.15, -0.1) is 0 Å². The first-order valence-corrected chi connectivity index (χ1v) is 11.6. The van der Waals surface area contributed by atoms with E-state index in [1.165, 1.54) is 9.81 Å². The maximum atomic E-state index is 2.29. The van der Waals surface area contributed by atoms with Gasteiger partial charge in [-0.05, 0) is 0 Å². The number of rotatable bonds is 3. The van der Waals surface area contributed by atoms with Crippen LogP contribution < -0.4 is 9.81 Å². The second-order valence-corrected chi connectivity index (χ2v) is 13.0. The molecular formula is C18H15Bi2+3. The molecule has 0 bridgehead atoms. The van der Waals surface area contributed by atoms with Crippen LogP contribution in [-0.4, -0.2) is 48.0 Å². The molecule has 0 unspecified atom stereocenters. The van der Waals surface area contributed by atoms with Gasteiger partial charge in [0.25, 0.3) is 0 Å². The number of hydrogen-bond acceptors (Lipinski definition) is 0. The molecule has 0 saturated carbocycles. The van der Waals surface area contributed by atoms with E-state index in [1.807, 2.05) is 0 Å². The molecule has 94 valence electrons. The molecule has 2 heteroatoms. The molecule has 0 saturated heterocycles. The standard InChI is InChI=1S/3C6H5.2Bi/c3*1-2-4-6-5-3-1;;/h3*1-5H;;/q;;;;+3. The van der Waals surface area contributed by atoms with E-state index < -0.39 is 21.8 Å². The summed E-state index contributed by atoms with van der Waals surface area (Å²) in [4.78, 5) is 0. The van der Waals surface area contributed by atoms with E-state index >= 15 is 0 Å². The zero-order valence-corrected chi connectivity index (χ0v) is 18.0. The van der Waals surface area contributed by atoms with Crippen molar-refractivity contribution in [3.05, 3.63) is 91.0 Å². The van der Waals surface area contributed by atoms with Crippen molar-refractivity contribution in [1.82, 2.24) is 0 Å². The van der Waals surface area contributed by atoms with Gasteiger partial charge in [0.2, 0.25) is 0 Å². The van der Waals surface area contributed by atoms with Crippen molar-refractivity contribution < 1.29 is 0 Å². The van der Waals surface area contributed by atoms with Gasteiger partial charge >= 0.3 is 149 Å². The summed E-state index contributed by atoms with van der Waals surface area (Å²) in [5.74, 6) is 0. The van der Waals surface area contributed by atoms with Gasteiger partial charge in [-0.3, -0.25) is 0 Å². The van der Waals surface area contributed by atoms with Crippen LogP contribution in [0.25, 0.3) is 0 Å². The predicted molar refractivity (Wildman–Crippen MR) is 89.7 cm³/mol. The van der Waals surface area contributed by atoms with Gasteiger partial charge in [0.05, 0.1) is 0 Å². The summed E-state index contributed by atoms with van der Waals surface area (Å²) in [5, 5.41) is 0. The second-order valence-electron chi connectivity index (χ2n) is 4.34. The van der Waals surface area contributed by atoms with Crippen molar-refractivity contribution in [1.29, 1.82) is 0 Å². The molecule has 0 nitrogen and oxygen atoms in total. The molecule has 0 amide bonds. The summed E-state index contributed by atoms with van der Waals surface area (Å²) in [7, 11) is 0. The van der Waals surface area contributed by atoms with Crippen molar-refractivity contribution in [2.24, 2.45) is 0 Å². The van der Waals surface area contributed by atoms with E-state index in [4.69, 9.17) is 0 Å². The van der Waals surface area contributed by atoms with Crippen LogP contribution in [0.5, 0.6) is 0 Å². The topological polar surface area (TPSA) is 0 Å². The van der Waals surface area contributed by atoms with Crippen molar-refractivity contribution in [3.8, 4) is 0 Å². The van der Waals surface area contributed by atoms with E-state index in [2.05, 4.69) is 91.0 Å². The molecule has 0 aliphatic carbocycles. The molecule has 3 rings (SSSR count). The van der Waals surface area contributed by atoms with Crippen molar-refractivity contribution in [2.75, 3.05) is 0 Å². The summed E-state index contributed by atoms with van der Waals surface area (Å²) in [6, 6.07) is 33.0. The Bertz CT molecular complexity index is 527. The summed E-state index contributed by atoms with van der Waals surface area (Å²) in [6.45, 7) is 0. The molecule has 0 atom stereocenters.